The summed E-state index contributed by atoms with van der Waals surface area (Å²) < 4.78 is 97.9. The molecule has 0 unspecified atom stereocenters. The minimum Gasteiger partial charge on any atom is -0.486 e. The standard InChI is InChI=1S/C21H14F7N3O3/c1-31-8-15(18(29)32)30-17(19(31)33)11-4-10(5-13(23)6-11)14-7-12(22)2-3-16(14)34-9-20(24,25)21(26,27)28/h2-8H,9H2,1H3,(H2,29,32). The third-order valence-electron chi connectivity index (χ3n) is 4.57. The van der Waals surface area contributed by atoms with Gasteiger partial charge in [0.25, 0.3) is 11.5 Å². The van der Waals surface area contributed by atoms with E-state index in [9.17, 15) is 40.3 Å². The van der Waals surface area contributed by atoms with E-state index in [0.29, 0.717) is 0 Å². The second kappa shape index (κ2) is 8.80. The van der Waals surface area contributed by atoms with Crippen molar-refractivity contribution >= 4 is 5.91 Å². The van der Waals surface area contributed by atoms with Crippen LogP contribution in [0.3, 0.4) is 0 Å². The number of nitrogens with two attached hydrogens (primary N) is 1. The van der Waals surface area contributed by atoms with Gasteiger partial charge in [0.15, 0.2) is 6.61 Å². The number of aromatic nitrogens is 2. The first-order chi connectivity index (χ1) is 15.7. The highest BCUT2D eigenvalue weighted by atomic mass is 19.4. The van der Waals surface area contributed by atoms with E-state index in [-0.39, 0.29) is 22.4 Å². The number of nitrogens with zero attached hydrogens (tertiary/aromatic N) is 2. The zero-order valence-electron chi connectivity index (χ0n) is 17.1. The fraction of sp³-hybridized carbons (Fsp3) is 0.190. The minimum absolute atomic E-state index is 0.200. The van der Waals surface area contributed by atoms with Crippen LogP contribution in [0, 0.1) is 11.6 Å². The second-order valence-electron chi connectivity index (χ2n) is 7.12. The molecule has 0 aliphatic carbocycles. The fourth-order valence-corrected chi connectivity index (χ4v) is 2.90. The van der Waals surface area contributed by atoms with Crippen LogP contribution in [0.15, 0.2) is 47.4 Å². The molecular weight excluding hydrogens is 475 g/mol. The lowest BCUT2D eigenvalue weighted by molar-refractivity contribution is -0.289. The van der Waals surface area contributed by atoms with Gasteiger partial charge in [-0.15, -0.1) is 0 Å². The molecule has 1 amide bonds. The Kier molecular flexibility index (Phi) is 6.40. The quantitative estimate of drug-likeness (QED) is 0.529. The van der Waals surface area contributed by atoms with Gasteiger partial charge in [-0.2, -0.15) is 22.0 Å². The number of ether oxygens (including phenoxy) is 1. The van der Waals surface area contributed by atoms with Crippen molar-refractivity contribution in [3.8, 4) is 28.1 Å². The predicted octanol–water partition coefficient (Wildman–Crippen LogP) is 4.07. The van der Waals surface area contributed by atoms with Gasteiger partial charge in [-0.25, -0.2) is 13.8 Å². The van der Waals surface area contributed by atoms with Crippen molar-refractivity contribution in [2.45, 2.75) is 12.1 Å². The van der Waals surface area contributed by atoms with Gasteiger partial charge >= 0.3 is 12.1 Å². The van der Waals surface area contributed by atoms with E-state index < -0.39 is 53.3 Å². The molecule has 0 spiro atoms. The van der Waals surface area contributed by atoms with E-state index >= 15 is 0 Å². The van der Waals surface area contributed by atoms with Crippen molar-refractivity contribution in [1.82, 2.24) is 9.55 Å². The van der Waals surface area contributed by atoms with Crippen molar-refractivity contribution in [1.29, 1.82) is 0 Å². The summed E-state index contributed by atoms with van der Waals surface area (Å²) in [5, 5.41) is 0. The lowest BCUT2D eigenvalue weighted by Crippen LogP contribution is -2.41. The molecule has 0 radical (unpaired) electrons. The molecule has 2 aromatic carbocycles. The van der Waals surface area contributed by atoms with Gasteiger partial charge in [0.05, 0.1) is 0 Å². The normalized spacial score (nSPS) is 12.0. The van der Waals surface area contributed by atoms with Crippen LogP contribution in [-0.4, -0.2) is 34.2 Å². The van der Waals surface area contributed by atoms with Crippen molar-refractivity contribution in [3.05, 3.63) is 70.3 Å². The number of amides is 1. The summed E-state index contributed by atoms with van der Waals surface area (Å²) in [6.07, 6.45) is -4.84. The molecule has 0 fully saturated rings. The summed E-state index contributed by atoms with van der Waals surface area (Å²) in [6.45, 7) is -2.11. The molecule has 0 saturated carbocycles. The van der Waals surface area contributed by atoms with Crippen molar-refractivity contribution in [3.63, 3.8) is 0 Å². The molecule has 1 heterocycles. The van der Waals surface area contributed by atoms with Gasteiger partial charge in [-0.05, 0) is 42.0 Å². The minimum atomic E-state index is -5.89. The molecule has 3 rings (SSSR count). The van der Waals surface area contributed by atoms with Crippen LogP contribution >= 0.6 is 0 Å². The molecule has 1 aromatic heterocycles. The Balaban J connectivity index is 2.12. The summed E-state index contributed by atoms with van der Waals surface area (Å²) >= 11 is 0. The van der Waals surface area contributed by atoms with Crippen LogP contribution in [0.2, 0.25) is 0 Å². The lowest BCUT2D eigenvalue weighted by Gasteiger charge is -2.21. The Labute approximate surface area is 186 Å². The number of rotatable bonds is 6. The van der Waals surface area contributed by atoms with Gasteiger partial charge in [-0.1, -0.05) is 0 Å². The molecule has 0 atom stereocenters. The first kappa shape index (κ1) is 24.7. The predicted molar refractivity (Wildman–Crippen MR) is 105 cm³/mol. The molecule has 180 valence electrons. The third kappa shape index (κ3) is 5.02. The molecule has 3 aromatic rings. The lowest BCUT2D eigenvalue weighted by atomic mass is 10.00. The molecule has 2 N–H and O–H groups in total. The topological polar surface area (TPSA) is 87.2 Å². The Bertz CT molecular complexity index is 1320. The molecule has 0 bridgehead atoms. The monoisotopic (exact) mass is 489 g/mol. The molecule has 0 saturated heterocycles. The van der Waals surface area contributed by atoms with Gasteiger partial charge in [0, 0.05) is 24.4 Å². The molecule has 6 nitrogen and oxygen atoms in total. The third-order valence-corrected chi connectivity index (χ3v) is 4.57. The van der Waals surface area contributed by atoms with Crippen molar-refractivity contribution in [2.24, 2.45) is 12.8 Å². The van der Waals surface area contributed by atoms with E-state index in [4.69, 9.17) is 5.73 Å². The van der Waals surface area contributed by atoms with Gasteiger partial charge in [-0.3, -0.25) is 9.59 Å². The SMILES string of the molecule is Cn1cc(C(N)=O)nc(-c2cc(F)cc(-c3cc(F)ccc3OCC(F)(F)C(F)(F)F)c2)c1=O. The highest BCUT2D eigenvalue weighted by molar-refractivity contribution is 5.91. The van der Waals surface area contributed by atoms with E-state index in [1.54, 1.807) is 0 Å². The average molecular weight is 489 g/mol. The van der Waals surface area contributed by atoms with E-state index in [0.717, 1.165) is 47.2 Å². The molecule has 0 aliphatic rings. The summed E-state index contributed by atoms with van der Waals surface area (Å²) in [5.74, 6) is -8.72. The maximum Gasteiger partial charge on any atom is 0.456 e. The van der Waals surface area contributed by atoms with Crippen LogP contribution in [-0.2, 0) is 7.05 Å². The number of carbonyl (C=O) groups excluding carboxylic acids is 1. The Morgan fingerprint density at radius 3 is 2.29 bits per heavy atom. The first-order valence-electron chi connectivity index (χ1n) is 9.25. The zero-order valence-corrected chi connectivity index (χ0v) is 17.1. The number of hydrogen-bond donors (Lipinski definition) is 1. The number of halogens is 7. The van der Waals surface area contributed by atoms with Crippen LogP contribution in [0.4, 0.5) is 30.7 Å². The summed E-state index contributed by atoms with van der Waals surface area (Å²) in [5.41, 5.74) is 2.87. The Morgan fingerprint density at radius 2 is 1.68 bits per heavy atom. The second-order valence-corrected chi connectivity index (χ2v) is 7.12. The highest BCUT2D eigenvalue weighted by Crippen LogP contribution is 2.38. The van der Waals surface area contributed by atoms with Gasteiger partial charge < -0.3 is 15.0 Å². The van der Waals surface area contributed by atoms with Gasteiger partial charge in [0.2, 0.25) is 0 Å². The highest BCUT2D eigenvalue weighted by Gasteiger charge is 2.58. The zero-order chi connectivity index (χ0) is 25.4. The summed E-state index contributed by atoms with van der Waals surface area (Å²) in [6, 6.07) is 5.04. The number of carbonyl (C=O) groups is 1. The van der Waals surface area contributed by atoms with Crippen LogP contribution in [0.5, 0.6) is 5.75 Å². The van der Waals surface area contributed by atoms with E-state index in [2.05, 4.69) is 9.72 Å². The summed E-state index contributed by atoms with van der Waals surface area (Å²) in [4.78, 5) is 27.8. The largest absolute Gasteiger partial charge is 0.486 e. The Hall–Kier alpha value is -3.90. The van der Waals surface area contributed by atoms with Crippen LogP contribution < -0.4 is 16.0 Å². The Morgan fingerprint density at radius 1 is 1.03 bits per heavy atom. The number of primary amides is 1. The fourth-order valence-electron chi connectivity index (χ4n) is 2.90. The van der Waals surface area contributed by atoms with Crippen LogP contribution in [0.1, 0.15) is 10.5 Å². The van der Waals surface area contributed by atoms with E-state index in [1.165, 1.54) is 7.05 Å². The molecule has 13 heteroatoms. The van der Waals surface area contributed by atoms with E-state index in [1.807, 2.05) is 0 Å². The first-order valence-corrected chi connectivity index (χ1v) is 9.25. The smallest absolute Gasteiger partial charge is 0.456 e. The maximum atomic E-state index is 14.4. The average Bonchev–Trinajstić information content (AvgIpc) is 2.73. The number of benzene rings is 2. The van der Waals surface area contributed by atoms with Gasteiger partial charge in [0.1, 0.15) is 28.8 Å². The molecule has 34 heavy (non-hydrogen) atoms. The van der Waals surface area contributed by atoms with Crippen LogP contribution in [0.25, 0.3) is 22.4 Å². The summed E-state index contributed by atoms with van der Waals surface area (Å²) in [7, 11) is 1.28. The number of hydrogen-bond acceptors (Lipinski definition) is 4. The number of alkyl halides is 5. The maximum absolute atomic E-state index is 14.4. The molecule has 0 aliphatic heterocycles. The van der Waals surface area contributed by atoms with Crippen molar-refractivity contribution in [2.75, 3.05) is 6.61 Å². The van der Waals surface area contributed by atoms with Crippen molar-refractivity contribution < 1.29 is 40.3 Å². The molecular formula is C21H14F7N3O3. The number of aryl methyl sites for hydroxylation is 1.